The van der Waals surface area contributed by atoms with Crippen molar-refractivity contribution in [2.75, 3.05) is 0 Å². The maximum absolute atomic E-state index is 3.76. The Balaban J connectivity index is 2.35. The first-order valence-electron chi connectivity index (χ1n) is 5.49. The van der Waals surface area contributed by atoms with E-state index in [2.05, 4.69) is 48.0 Å². The van der Waals surface area contributed by atoms with Gasteiger partial charge in [-0.25, -0.2) is 0 Å². The van der Waals surface area contributed by atoms with Gasteiger partial charge in [0, 0.05) is 4.83 Å². The van der Waals surface area contributed by atoms with E-state index >= 15 is 0 Å². The van der Waals surface area contributed by atoms with Crippen LogP contribution < -0.4 is 0 Å². The Morgan fingerprint density at radius 3 is 2.86 bits per heavy atom. The average molecular weight is 253 g/mol. The van der Waals surface area contributed by atoms with Crippen molar-refractivity contribution in [2.24, 2.45) is 0 Å². The van der Waals surface area contributed by atoms with Crippen LogP contribution in [0.2, 0.25) is 0 Å². The Hall–Kier alpha value is -0.300. The lowest BCUT2D eigenvalue weighted by molar-refractivity contribution is 0.743. The van der Waals surface area contributed by atoms with Crippen LogP contribution >= 0.6 is 15.9 Å². The van der Waals surface area contributed by atoms with Crippen molar-refractivity contribution in [3.8, 4) is 0 Å². The van der Waals surface area contributed by atoms with E-state index in [4.69, 9.17) is 0 Å². The predicted molar refractivity (Wildman–Crippen MR) is 65.1 cm³/mol. The summed E-state index contributed by atoms with van der Waals surface area (Å²) in [5, 5.41) is 0. The molecule has 0 aliphatic heterocycles. The van der Waals surface area contributed by atoms with Crippen molar-refractivity contribution in [3.63, 3.8) is 0 Å². The highest BCUT2D eigenvalue weighted by molar-refractivity contribution is 9.09. The molecule has 0 aromatic heterocycles. The topological polar surface area (TPSA) is 0 Å². The summed E-state index contributed by atoms with van der Waals surface area (Å²) in [5.41, 5.74) is 4.57. The lowest BCUT2D eigenvalue weighted by Gasteiger charge is -2.07. The second-order valence-corrected chi connectivity index (χ2v) is 5.42. The molecule has 2 unspecified atom stereocenters. The highest BCUT2D eigenvalue weighted by atomic mass is 79.9. The van der Waals surface area contributed by atoms with Gasteiger partial charge in [0.25, 0.3) is 0 Å². The zero-order chi connectivity index (χ0) is 10.1. The summed E-state index contributed by atoms with van der Waals surface area (Å²) in [6.45, 7) is 4.56. The van der Waals surface area contributed by atoms with Gasteiger partial charge in [0.05, 0.1) is 0 Å². The Labute approximate surface area is 94.8 Å². The third kappa shape index (κ3) is 1.75. The summed E-state index contributed by atoms with van der Waals surface area (Å²) in [6.07, 6.45) is 3.70. The van der Waals surface area contributed by atoms with Gasteiger partial charge < -0.3 is 0 Å². The standard InChI is InChI=1S/C13H17Br/c1-3-4-10-5-6-11-9(2)7-13(14)12(11)8-10/h5-6,8-9,13H,3-4,7H2,1-2H3. The highest BCUT2D eigenvalue weighted by Gasteiger charge is 2.25. The van der Waals surface area contributed by atoms with Crippen LogP contribution in [-0.2, 0) is 6.42 Å². The van der Waals surface area contributed by atoms with Crippen LogP contribution in [0.3, 0.4) is 0 Å². The molecule has 0 radical (unpaired) electrons. The minimum atomic E-state index is 0.587. The molecule has 0 heterocycles. The summed E-state index contributed by atoms with van der Waals surface area (Å²) in [4.78, 5) is 0.587. The summed E-state index contributed by atoms with van der Waals surface area (Å²) in [5.74, 6) is 0.727. The molecular weight excluding hydrogens is 236 g/mol. The van der Waals surface area contributed by atoms with Crippen LogP contribution in [0.5, 0.6) is 0 Å². The first-order valence-corrected chi connectivity index (χ1v) is 6.40. The third-order valence-corrected chi connectivity index (χ3v) is 3.99. The second-order valence-electron chi connectivity index (χ2n) is 4.32. The summed E-state index contributed by atoms with van der Waals surface area (Å²) < 4.78 is 0. The van der Waals surface area contributed by atoms with Gasteiger partial charge in [-0.1, -0.05) is 54.4 Å². The average Bonchev–Trinajstić information content (AvgIpc) is 2.43. The molecule has 1 aromatic rings. The molecule has 0 spiro atoms. The molecule has 1 aliphatic carbocycles. The molecule has 0 saturated heterocycles. The summed E-state index contributed by atoms with van der Waals surface area (Å²) in [7, 11) is 0. The molecule has 76 valence electrons. The smallest absolute Gasteiger partial charge is 0.0404 e. The number of alkyl halides is 1. The van der Waals surface area contributed by atoms with Gasteiger partial charge in [0.1, 0.15) is 0 Å². The molecule has 0 saturated carbocycles. The Morgan fingerprint density at radius 2 is 2.14 bits per heavy atom. The molecule has 14 heavy (non-hydrogen) atoms. The van der Waals surface area contributed by atoms with Crippen molar-refractivity contribution >= 4 is 15.9 Å². The van der Waals surface area contributed by atoms with Gasteiger partial charge in [0.15, 0.2) is 0 Å². The number of fused-ring (bicyclic) bond motifs is 1. The number of aryl methyl sites for hydroxylation is 1. The molecule has 1 aromatic carbocycles. The van der Waals surface area contributed by atoms with E-state index < -0.39 is 0 Å². The van der Waals surface area contributed by atoms with Crippen LogP contribution in [0, 0.1) is 0 Å². The Morgan fingerprint density at radius 1 is 1.36 bits per heavy atom. The first-order chi connectivity index (χ1) is 6.72. The van der Waals surface area contributed by atoms with E-state index in [1.54, 1.807) is 5.56 Å². The number of hydrogen-bond donors (Lipinski definition) is 0. The summed E-state index contributed by atoms with van der Waals surface area (Å²) in [6, 6.07) is 7.01. The molecule has 2 atom stereocenters. The van der Waals surface area contributed by atoms with Crippen LogP contribution in [0.25, 0.3) is 0 Å². The van der Waals surface area contributed by atoms with Crippen molar-refractivity contribution < 1.29 is 0 Å². The molecule has 1 heteroatoms. The second kappa shape index (κ2) is 4.06. The van der Waals surface area contributed by atoms with E-state index in [0.717, 1.165) is 5.92 Å². The van der Waals surface area contributed by atoms with E-state index in [1.165, 1.54) is 30.4 Å². The van der Waals surface area contributed by atoms with Gasteiger partial charge in [-0.15, -0.1) is 0 Å². The molecule has 0 N–H and O–H groups in total. The molecule has 0 fully saturated rings. The quantitative estimate of drug-likeness (QED) is 0.676. The lowest BCUT2D eigenvalue weighted by Crippen LogP contribution is -1.90. The normalized spacial score (nSPS) is 25.1. The zero-order valence-electron chi connectivity index (χ0n) is 8.89. The largest absolute Gasteiger partial charge is 0.0838 e. The first kappa shape index (κ1) is 10.2. The zero-order valence-corrected chi connectivity index (χ0v) is 10.5. The van der Waals surface area contributed by atoms with Crippen LogP contribution in [0.4, 0.5) is 0 Å². The van der Waals surface area contributed by atoms with Gasteiger partial charge in [-0.05, 0) is 35.4 Å². The van der Waals surface area contributed by atoms with E-state index in [9.17, 15) is 0 Å². The van der Waals surface area contributed by atoms with Crippen LogP contribution in [0.15, 0.2) is 18.2 Å². The summed E-state index contributed by atoms with van der Waals surface area (Å²) >= 11 is 3.76. The number of rotatable bonds is 2. The van der Waals surface area contributed by atoms with Gasteiger partial charge in [-0.2, -0.15) is 0 Å². The molecule has 0 bridgehead atoms. The maximum Gasteiger partial charge on any atom is 0.0404 e. The van der Waals surface area contributed by atoms with E-state index in [-0.39, 0.29) is 0 Å². The van der Waals surface area contributed by atoms with Crippen molar-refractivity contribution in [1.29, 1.82) is 0 Å². The fourth-order valence-corrected chi connectivity index (χ4v) is 3.31. The molecule has 0 nitrogen and oxygen atoms in total. The lowest BCUT2D eigenvalue weighted by atomic mass is 10.00. The highest BCUT2D eigenvalue weighted by Crippen LogP contribution is 2.45. The minimum absolute atomic E-state index is 0.587. The molecule has 1 aliphatic rings. The third-order valence-electron chi connectivity index (χ3n) is 3.12. The fourth-order valence-electron chi connectivity index (χ4n) is 2.35. The number of benzene rings is 1. The Kier molecular flexibility index (Phi) is 2.96. The fraction of sp³-hybridized carbons (Fsp3) is 0.538. The van der Waals surface area contributed by atoms with Crippen molar-refractivity contribution in [3.05, 3.63) is 34.9 Å². The maximum atomic E-state index is 3.76. The van der Waals surface area contributed by atoms with Gasteiger partial charge in [0.2, 0.25) is 0 Å². The molecular formula is C13H17Br. The monoisotopic (exact) mass is 252 g/mol. The van der Waals surface area contributed by atoms with Crippen LogP contribution in [0.1, 0.15) is 54.1 Å². The Bertz CT molecular complexity index is 330. The number of hydrogen-bond acceptors (Lipinski definition) is 0. The van der Waals surface area contributed by atoms with Crippen LogP contribution in [-0.4, -0.2) is 0 Å². The molecule has 0 amide bonds. The van der Waals surface area contributed by atoms with Crippen molar-refractivity contribution in [2.45, 2.75) is 43.9 Å². The SMILES string of the molecule is CCCc1ccc2c(c1)C(Br)CC2C. The molecule has 2 rings (SSSR count). The van der Waals surface area contributed by atoms with E-state index in [0.29, 0.717) is 4.83 Å². The number of halogens is 1. The van der Waals surface area contributed by atoms with Crippen molar-refractivity contribution in [1.82, 2.24) is 0 Å². The van der Waals surface area contributed by atoms with Gasteiger partial charge in [-0.3, -0.25) is 0 Å². The van der Waals surface area contributed by atoms with E-state index in [1.807, 2.05) is 0 Å². The minimum Gasteiger partial charge on any atom is -0.0838 e. The predicted octanol–water partition coefficient (Wildman–Crippen LogP) is 4.58. The van der Waals surface area contributed by atoms with Gasteiger partial charge >= 0.3 is 0 Å².